The molecule has 0 atom stereocenters. The molecule has 2 aromatic rings. The molecule has 180 valence electrons. The Labute approximate surface area is 203 Å². The summed E-state index contributed by atoms with van der Waals surface area (Å²) >= 11 is 6.07. The molecule has 0 unspecified atom stereocenters. The Morgan fingerprint density at radius 1 is 1.06 bits per heavy atom. The SMILES string of the molecule is CC1=C(CC(=O)NCc2cc(Cl)ccc2CNC(=O)O)C(=O)N(NCCc2ccccc2)CC1. The summed E-state index contributed by atoms with van der Waals surface area (Å²) in [5, 5.41) is 16.1. The lowest BCUT2D eigenvalue weighted by Crippen LogP contribution is -2.47. The molecule has 0 aliphatic carbocycles. The lowest BCUT2D eigenvalue weighted by atomic mass is 9.98. The summed E-state index contributed by atoms with van der Waals surface area (Å²) in [4.78, 5) is 36.5. The standard InChI is InChI=1S/C25H29ClN4O4/c1-17-10-12-30(29-11-9-18-5-3-2-4-6-18)24(32)22(17)14-23(31)27-16-20-13-21(26)8-7-19(20)15-28-25(33)34/h2-8,13,28-29H,9-12,14-16H2,1H3,(H,27,31)(H,33,34). The molecule has 0 spiro atoms. The smallest absolute Gasteiger partial charge is 0.404 e. The van der Waals surface area contributed by atoms with Crippen LogP contribution in [0.25, 0.3) is 0 Å². The van der Waals surface area contributed by atoms with E-state index in [9.17, 15) is 14.4 Å². The minimum atomic E-state index is -1.13. The van der Waals surface area contributed by atoms with Gasteiger partial charge in [0.2, 0.25) is 5.91 Å². The van der Waals surface area contributed by atoms with Crippen molar-refractivity contribution in [1.29, 1.82) is 0 Å². The van der Waals surface area contributed by atoms with Gasteiger partial charge in [-0.2, -0.15) is 0 Å². The van der Waals surface area contributed by atoms with Gasteiger partial charge in [0.25, 0.3) is 5.91 Å². The largest absolute Gasteiger partial charge is 0.465 e. The van der Waals surface area contributed by atoms with Gasteiger partial charge in [0, 0.05) is 36.8 Å². The Hall–Kier alpha value is -3.36. The highest BCUT2D eigenvalue weighted by atomic mass is 35.5. The number of carbonyl (C=O) groups excluding carboxylic acids is 2. The van der Waals surface area contributed by atoms with Crippen molar-refractivity contribution in [1.82, 2.24) is 21.1 Å². The number of nitrogens with zero attached hydrogens (tertiary/aromatic N) is 1. The topological polar surface area (TPSA) is 111 Å². The third kappa shape index (κ3) is 7.33. The fourth-order valence-electron chi connectivity index (χ4n) is 3.75. The highest BCUT2D eigenvalue weighted by Gasteiger charge is 2.26. The number of carboxylic acid groups (broad SMARTS) is 1. The van der Waals surface area contributed by atoms with Gasteiger partial charge < -0.3 is 15.7 Å². The van der Waals surface area contributed by atoms with Crippen LogP contribution in [0.15, 0.2) is 59.7 Å². The van der Waals surface area contributed by atoms with Crippen LogP contribution in [0.4, 0.5) is 4.79 Å². The van der Waals surface area contributed by atoms with Crippen molar-refractivity contribution in [3.63, 3.8) is 0 Å². The average Bonchev–Trinajstić information content (AvgIpc) is 2.82. The fourth-order valence-corrected chi connectivity index (χ4v) is 3.95. The predicted molar refractivity (Wildman–Crippen MR) is 130 cm³/mol. The third-order valence-electron chi connectivity index (χ3n) is 5.70. The fraction of sp³-hybridized carbons (Fsp3) is 0.320. The van der Waals surface area contributed by atoms with E-state index in [1.165, 1.54) is 5.56 Å². The number of hydrazine groups is 1. The summed E-state index contributed by atoms with van der Waals surface area (Å²) in [6.07, 6.45) is 0.337. The zero-order valence-electron chi connectivity index (χ0n) is 19.1. The van der Waals surface area contributed by atoms with Crippen LogP contribution in [0.2, 0.25) is 5.02 Å². The molecule has 4 N–H and O–H groups in total. The van der Waals surface area contributed by atoms with Crippen LogP contribution < -0.4 is 16.1 Å². The third-order valence-corrected chi connectivity index (χ3v) is 5.93. The van der Waals surface area contributed by atoms with Gasteiger partial charge in [-0.05, 0) is 48.6 Å². The van der Waals surface area contributed by atoms with E-state index in [0.717, 1.165) is 12.0 Å². The molecule has 1 aliphatic heterocycles. The molecule has 3 rings (SSSR count). The normalized spacial score (nSPS) is 13.7. The van der Waals surface area contributed by atoms with E-state index in [1.54, 1.807) is 23.2 Å². The minimum absolute atomic E-state index is 0.0230. The molecule has 34 heavy (non-hydrogen) atoms. The molecule has 8 nitrogen and oxygen atoms in total. The number of halogens is 1. The number of carbonyl (C=O) groups is 3. The Kier molecular flexibility index (Phi) is 9.07. The monoisotopic (exact) mass is 484 g/mol. The molecular formula is C25H29ClN4O4. The first-order valence-electron chi connectivity index (χ1n) is 11.1. The second kappa shape index (κ2) is 12.2. The molecule has 3 amide bonds. The Morgan fingerprint density at radius 3 is 2.53 bits per heavy atom. The van der Waals surface area contributed by atoms with Crippen LogP contribution in [0.1, 0.15) is 36.5 Å². The summed E-state index contributed by atoms with van der Waals surface area (Å²) in [5.41, 5.74) is 7.20. The van der Waals surface area contributed by atoms with E-state index in [4.69, 9.17) is 16.7 Å². The summed E-state index contributed by atoms with van der Waals surface area (Å²) in [5.74, 6) is -0.466. The quantitative estimate of drug-likeness (QED) is 0.413. The van der Waals surface area contributed by atoms with Crippen LogP contribution in [-0.2, 0) is 29.1 Å². The van der Waals surface area contributed by atoms with Crippen molar-refractivity contribution in [3.8, 4) is 0 Å². The predicted octanol–water partition coefficient (Wildman–Crippen LogP) is 3.41. The molecule has 1 aliphatic rings. The van der Waals surface area contributed by atoms with Gasteiger partial charge in [-0.1, -0.05) is 53.6 Å². The van der Waals surface area contributed by atoms with Gasteiger partial charge in [0.15, 0.2) is 0 Å². The highest BCUT2D eigenvalue weighted by Crippen LogP contribution is 2.21. The molecule has 2 aromatic carbocycles. The molecule has 9 heteroatoms. The zero-order valence-corrected chi connectivity index (χ0v) is 19.8. The maximum absolute atomic E-state index is 13.0. The van der Waals surface area contributed by atoms with Crippen molar-refractivity contribution in [2.45, 2.75) is 39.3 Å². The van der Waals surface area contributed by atoms with Crippen molar-refractivity contribution in [2.24, 2.45) is 0 Å². The maximum Gasteiger partial charge on any atom is 0.404 e. The van der Waals surface area contributed by atoms with Crippen molar-refractivity contribution < 1.29 is 19.5 Å². The Morgan fingerprint density at radius 2 is 1.79 bits per heavy atom. The lowest BCUT2D eigenvalue weighted by Gasteiger charge is -2.30. The van der Waals surface area contributed by atoms with E-state index in [2.05, 4.69) is 16.1 Å². The van der Waals surface area contributed by atoms with Gasteiger partial charge in [0.1, 0.15) is 0 Å². The number of hydrogen-bond acceptors (Lipinski definition) is 4. The Balaban J connectivity index is 1.55. The molecule has 0 saturated carbocycles. The lowest BCUT2D eigenvalue weighted by molar-refractivity contribution is -0.132. The van der Waals surface area contributed by atoms with Crippen molar-refractivity contribution in [3.05, 3.63) is 81.4 Å². The Bertz CT molecular complexity index is 1070. The van der Waals surface area contributed by atoms with Gasteiger partial charge in [0.05, 0.1) is 6.42 Å². The number of rotatable bonds is 10. The summed E-state index contributed by atoms with van der Waals surface area (Å²) in [6.45, 7) is 3.34. The van der Waals surface area contributed by atoms with Gasteiger partial charge in [-0.25, -0.2) is 10.2 Å². The second-order valence-electron chi connectivity index (χ2n) is 8.13. The molecule has 0 radical (unpaired) electrons. The van der Waals surface area contributed by atoms with Crippen molar-refractivity contribution in [2.75, 3.05) is 13.1 Å². The molecule has 0 bridgehead atoms. The first-order chi connectivity index (χ1) is 16.3. The summed E-state index contributed by atoms with van der Waals surface area (Å²) < 4.78 is 0. The number of nitrogens with one attached hydrogen (secondary N) is 3. The maximum atomic E-state index is 13.0. The zero-order chi connectivity index (χ0) is 24.5. The first-order valence-corrected chi connectivity index (χ1v) is 11.5. The molecule has 0 fully saturated rings. The van der Waals surface area contributed by atoms with Crippen LogP contribution in [0.5, 0.6) is 0 Å². The average molecular weight is 485 g/mol. The van der Waals surface area contributed by atoms with E-state index in [-0.39, 0.29) is 31.3 Å². The number of benzene rings is 2. The van der Waals surface area contributed by atoms with E-state index >= 15 is 0 Å². The number of hydrogen-bond donors (Lipinski definition) is 4. The molecule has 1 heterocycles. The van der Waals surface area contributed by atoms with Crippen LogP contribution in [-0.4, -0.2) is 41.1 Å². The molecule has 0 saturated heterocycles. The van der Waals surface area contributed by atoms with E-state index < -0.39 is 6.09 Å². The molecule has 0 aromatic heterocycles. The van der Waals surface area contributed by atoms with Gasteiger partial charge in [-0.3, -0.25) is 14.6 Å². The molecular weight excluding hydrogens is 456 g/mol. The van der Waals surface area contributed by atoms with Crippen LogP contribution in [0, 0.1) is 0 Å². The van der Waals surface area contributed by atoms with Crippen LogP contribution in [0.3, 0.4) is 0 Å². The van der Waals surface area contributed by atoms with E-state index in [1.807, 2.05) is 37.3 Å². The second-order valence-corrected chi connectivity index (χ2v) is 8.57. The van der Waals surface area contributed by atoms with Crippen molar-refractivity contribution >= 4 is 29.5 Å². The minimum Gasteiger partial charge on any atom is -0.465 e. The first kappa shape index (κ1) is 25.3. The summed E-state index contributed by atoms with van der Waals surface area (Å²) in [6, 6.07) is 15.1. The van der Waals surface area contributed by atoms with E-state index in [0.29, 0.717) is 41.2 Å². The summed E-state index contributed by atoms with van der Waals surface area (Å²) in [7, 11) is 0. The van der Waals surface area contributed by atoms with Gasteiger partial charge in [-0.15, -0.1) is 0 Å². The van der Waals surface area contributed by atoms with Gasteiger partial charge >= 0.3 is 6.09 Å². The van der Waals surface area contributed by atoms with Crippen LogP contribution >= 0.6 is 11.6 Å². The highest BCUT2D eigenvalue weighted by molar-refractivity contribution is 6.30. The number of amides is 3.